The largest absolute Gasteiger partial charge is 0.335 e. The van der Waals surface area contributed by atoms with Gasteiger partial charge in [0.2, 0.25) is 0 Å². The maximum atomic E-state index is 13.5. The molecule has 1 fully saturated rings. The second kappa shape index (κ2) is 7.97. The molecule has 136 valence electrons. The first-order valence-corrected chi connectivity index (χ1v) is 7.61. The van der Waals surface area contributed by atoms with E-state index in [4.69, 9.17) is 0 Å². The Morgan fingerprint density at radius 2 is 1.72 bits per heavy atom. The molecule has 10 heteroatoms. The van der Waals surface area contributed by atoms with Gasteiger partial charge >= 0.3 is 6.03 Å². The number of amides is 4. The quantitative estimate of drug-likeness (QED) is 0.519. The summed E-state index contributed by atoms with van der Waals surface area (Å²) in [4.78, 5) is 35.3. The van der Waals surface area contributed by atoms with Crippen LogP contribution in [0, 0.1) is 17.5 Å². The van der Waals surface area contributed by atoms with Crippen LogP contribution in [-0.4, -0.2) is 44.0 Å². The Hall–Kier alpha value is -2.62. The summed E-state index contributed by atoms with van der Waals surface area (Å²) in [5, 5.41) is 6.82. The highest BCUT2D eigenvalue weighted by Gasteiger charge is 2.24. The van der Waals surface area contributed by atoms with Gasteiger partial charge in [-0.25, -0.2) is 18.0 Å². The summed E-state index contributed by atoms with van der Waals surface area (Å²) in [6, 6.07) is 1.11. The molecule has 1 unspecified atom stereocenters. The van der Waals surface area contributed by atoms with Gasteiger partial charge < -0.3 is 15.5 Å². The molecule has 25 heavy (non-hydrogen) atoms. The number of benzene rings is 1. The summed E-state index contributed by atoms with van der Waals surface area (Å²) < 4.78 is 39.4. The summed E-state index contributed by atoms with van der Waals surface area (Å²) in [5.41, 5.74) is -0.495. The minimum Gasteiger partial charge on any atom is -0.335 e. The van der Waals surface area contributed by atoms with E-state index in [0.717, 1.165) is 18.9 Å². The molecule has 1 atom stereocenters. The summed E-state index contributed by atoms with van der Waals surface area (Å²) in [7, 11) is 1.51. The average molecular weight is 359 g/mol. The van der Waals surface area contributed by atoms with E-state index in [-0.39, 0.29) is 19.1 Å². The lowest BCUT2D eigenvalue weighted by Gasteiger charge is -2.14. The fraction of sp³-hybridized carbons (Fsp3) is 0.400. The van der Waals surface area contributed by atoms with Gasteiger partial charge in [-0.1, -0.05) is 0 Å². The topological polar surface area (TPSA) is 91.7 Å². The van der Waals surface area contributed by atoms with E-state index < -0.39 is 41.0 Å². The van der Waals surface area contributed by atoms with Gasteiger partial charge in [-0.05, 0) is 25.0 Å². The Labute approximate surface area is 141 Å². The minimum absolute atomic E-state index is 0.106. The third-order valence-corrected chi connectivity index (χ3v) is 3.40. The van der Waals surface area contributed by atoms with Crippen LogP contribution in [0.4, 0.5) is 23.7 Å². The molecule has 1 aromatic rings. The number of rotatable bonds is 6. The molecule has 1 saturated carbocycles. The van der Waals surface area contributed by atoms with Crippen LogP contribution in [0.2, 0.25) is 0 Å². The van der Waals surface area contributed by atoms with Crippen molar-refractivity contribution >= 4 is 23.5 Å². The molecule has 0 spiro atoms. The number of imide groups is 1. The van der Waals surface area contributed by atoms with Crippen molar-refractivity contribution in [1.82, 2.24) is 10.6 Å². The lowest BCUT2D eigenvalue weighted by molar-refractivity contribution is -0.862. The van der Waals surface area contributed by atoms with E-state index in [1.54, 1.807) is 0 Å². The first-order valence-electron chi connectivity index (χ1n) is 7.61. The number of carbonyl (C=O) groups excluding carboxylic acids is 3. The molecule has 1 aromatic carbocycles. The normalized spacial score (nSPS) is 14.6. The standard InChI is InChI=1S/C15H17F3N4O3/c1-22(7-12(24)21-15(25)19-8-2-3-8)6-11(23)20-10-5-4-9(16)13(17)14(10)18/h4-5,8H,2-3,6-7H2,1H3,(H,20,23)(H2,19,21,24,25)/p+1. The highest BCUT2D eigenvalue weighted by atomic mass is 19.2. The third kappa shape index (κ3) is 5.75. The lowest BCUT2D eigenvalue weighted by Crippen LogP contribution is -3.11. The van der Waals surface area contributed by atoms with Gasteiger partial charge in [0.05, 0.1) is 12.7 Å². The van der Waals surface area contributed by atoms with E-state index in [2.05, 4.69) is 16.0 Å². The number of nitrogens with one attached hydrogen (secondary N) is 4. The number of halogens is 3. The van der Waals surface area contributed by atoms with Crippen molar-refractivity contribution in [1.29, 1.82) is 0 Å². The van der Waals surface area contributed by atoms with Gasteiger partial charge in [0, 0.05) is 6.04 Å². The second-order valence-corrected chi connectivity index (χ2v) is 5.88. The van der Waals surface area contributed by atoms with Crippen molar-refractivity contribution in [2.45, 2.75) is 18.9 Å². The first-order chi connectivity index (χ1) is 11.8. The zero-order chi connectivity index (χ0) is 18.6. The molecular formula is C15H18F3N4O3+. The number of carbonyl (C=O) groups is 3. The first kappa shape index (κ1) is 18.7. The summed E-state index contributed by atoms with van der Waals surface area (Å²) in [6.45, 7) is -0.415. The van der Waals surface area contributed by atoms with Crippen LogP contribution in [0.3, 0.4) is 0 Å². The second-order valence-electron chi connectivity index (χ2n) is 5.88. The fourth-order valence-corrected chi connectivity index (χ4v) is 2.05. The Morgan fingerprint density at radius 3 is 2.36 bits per heavy atom. The molecule has 1 aliphatic rings. The molecule has 7 nitrogen and oxygen atoms in total. The molecule has 4 amide bonds. The van der Waals surface area contributed by atoms with Crippen molar-refractivity contribution in [3.05, 3.63) is 29.6 Å². The Balaban J connectivity index is 1.78. The van der Waals surface area contributed by atoms with Crippen LogP contribution < -0.4 is 20.9 Å². The maximum absolute atomic E-state index is 13.5. The number of likely N-dealkylation sites (N-methyl/N-ethyl adjacent to an activating group) is 1. The molecule has 0 heterocycles. The number of hydrogen-bond donors (Lipinski definition) is 4. The van der Waals surface area contributed by atoms with Crippen molar-refractivity contribution in [2.24, 2.45) is 0 Å². The zero-order valence-corrected chi connectivity index (χ0v) is 13.4. The third-order valence-electron chi connectivity index (χ3n) is 3.40. The number of quaternary nitrogens is 1. The highest BCUT2D eigenvalue weighted by Crippen LogP contribution is 2.19. The van der Waals surface area contributed by atoms with Gasteiger partial charge in [0.25, 0.3) is 11.8 Å². The van der Waals surface area contributed by atoms with E-state index in [9.17, 15) is 27.6 Å². The SMILES string of the molecule is C[NH+](CC(=O)NC(=O)NC1CC1)CC(=O)Nc1ccc(F)c(F)c1F. The van der Waals surface area contributed by atoms with E-state index >= 15 is 0 Å². The summed E-state index contributed by atoms with van der Waals surface area (Å²) in [5.74, 6) is -5.82. The monoisotopic (exact) mass is 359 g/mol. The van der Waals surface area contributed by atoms with Gasteiger partial charge in [-0.2, -0.15) is 0 Å². The maximum Gasteiger partial charge on any atom is 0.321 e. The lowest BCUT2D eigenvalue weighted by atomic mass is 10.2. The van der Waals surface area contributed by atoms with Crippen LogP contribution in [0.25, 0.3) is 0 Å². The van der Waals surface area contributed by atoms with Crippen LogP contribution in [0.15, 0.2) is 12.1 Å². The predicted molar refractivity (Wildman–Crippen MR) is 81.3 cm³/mol. The molecule has 4 N–H and O–H groups in total. The zero-order valence-electron chi connectivity index (χ0n) is 13.4. The number of hydrogen-bond acceptors (Lipinski definition) is 3. The van der Waals surface area contributed by atoms with Crippen molar-refractivity contribution in [3.8, 4) is 0 Å². The van der Waals surface area contributed by atoms with Crippen LogP contribution >= 0.6 is 0 Å². The summed E-state index contributed by atoms with van der Waals surface area (Å²) in [6.07, 6.45) is 1.76. The van der Waals surface area contributed by atoms with Crippen molar-refractivity contribution in [3.63, 3.8) is 0 Å². The average Bonchev–Trinajstić information content (AvgIpc) is 3.31. The molecular weight excluding hydrogens is 341 g/mol. The van der Waals surface area contributed by atoms with Crippen LogP contribution in [0.1, 0.15) is 12.8 Å². The molecule has 0 radical (unpaired) electrons. The van der Waals surface area contributed by atoms with E-state index in [0.29, 0.717) is 11.0 Å². The fourth-order valence-electron chi connectivity index (χ4n) is 2.05. The summed E-state index contributed by atoms with van der Waals surface area (Å²) >= 11 is 0. The van der Waals surface area contributed by atoms with Gasteiger partial charge in [0.15, 0.2) is 30.5 Å². The molecule has 2 rings (SSSR count). The van der Waals surface area contributed by atoms with Gasteiger partial charge in [-0.15, -0.1) is 0 Å². The smallest absolute Gasteiger partial charge is 0.321 e. The van der Waals surface area contributed by atoms with Gasteiger partial charge in [0.1, 0.15) is 0 Å². The molecule has 0 bridgehead atoms. The molecule has 1 aliphatic carbocycles. The molecule has 0 aromatic heterocycles. The highest BCUT2D eigenvalue weighted by molar-refractivity contribution is 5.95. The predicted octanol–water partition coefficient (Wildman–Crippen LogP) is -0.455. The molecule has 0 aliphatic heterocycles. The Morgan fingerprint density at radius 1 is 1.08 bits per heavy atom. The number of anilines is 1. The Kier molecular flexibility index (Phi) is 5.97. The molecule has 0 saturated heterocycles. The van der Waals surface area contributed by atoms with E-state index in [1.807, 2.05) is 0 Å². The van der Waals surface area contributed by atoms with Crippen molar-refractivity contribution < 1.29 is 32.5 Å². The van der Waals surface area contributed by atoms with E-state index in [1.165, 1.54) is 7.05 Å². The number of urea groups is 1. The van der Waals surface area contributed by atoms with Gasteiger partial charge in [-0.3, -0.25) is 14.9 Å². The van der Waals surface area contributed by atoms with Crippen molar-refractivity contribution in [2.75, 3.05) is 25.5 Å². The minimum atomic E-state index is -1.68. The Bertz CT molecular complexity index is 695. The van der Waals surface area contributed by atoms with Crippen LogP contribution in [0.5, 0.6) is 0 Å². The van der Waals surface area contributed by atoms with Crippen LogP contribution in [-0.2, 0) is 9.59 Å².